The van der Waals surface area contributed by atoms with Crippen molar-refractivity contribution in [3.63, 3.8) is 0 Å². The van der Waals surface area contributed by atoms with E-state index in [0.717, 1.165) is 29.3 Å². The lowest BCUT2D eigenvalue weighted by Crippen LogP contribution is -2.39. The third kappa shape index (κ3) is 5.76. The Balaban J connectivity index is 1.69. The average Bonchev–Trinajstić information content (AvgIpc) is 2.73. The van der Waals surface area contributed by atoms with E-state index in [4.69, 9.17) is 12.2 Å². The molecule has 1 aliphatic carbocycles. The minimum atomic E-state index is -0.288. The summed E-state index contributed by atoms with van der Waals surface area (Å²) in [6.07, 6.45) is 5.66. The summed E-state index contributed by atoms with van der Waals surface area (Å²) >= 11 is 7.47. The van der Waals surface area contributed by atoms with E-state index in [1.54, 1.807) is 24.3 Å². The van der Waals surface area contributed by atoms with Crippen LogP contribution in [0.2, 0.25) is 0 Å². The van der Waals surface area contributed by atoms with Crippen molar-refractivity contribution in [1.29, 1.82) is 0 Å². The molecular formula is C22H24IN3O2S. The smallest absolute Gasteiger partial charge is 0.257 e. The third-order valence-electron chi connectivity index (χ3n) is 5.16. The number of carbonyl (C=O) groups excluding carboxylic acids is 2. The molecule has 3 rings (SSSR count). The van der Waals surface area contributed by atoms with Gasteiger partial charge in [0.25, 0.3) is 11.8 Å². The largest absolute Gasteiger partial charge is 0.339 e. The summed E-state index contributed by atoms with van der Waals surface area (Å²) in [5.41, 5.74) is 1.67. The number of carbonyl (C=O) groups is 2. The number of amides is 2. The molecule has 0 aliphatic heterocycles. The van der Waals surface area contributed by atoms with Crippen molar-refractivity contribution in [2.75, 3.05) is 12.4 Å². The van der Waals surface area contributed by atoms with E-state index in [-0.39, 0.29) is 23.0 Å². The van der Waals surface area contributed by atoms with Crippen LogP contribution in [-0.2, 0) is 0 Å². The molecule has 0 heterocycles. The number of halogens is 1. The molecule has 2 aromatic rings. The molecule has 1 aliphatic rings. The number of para-hydroxylation sites is 1. The van der Waals surface area contributed by atoms with E-state index in [9.17, 15) is 9.59 Å². The van der Waals surface area contributed by atoms with E-state index in [0.29, 0.717) is 16.8 Å². The zero-order valence-corrected chi connectivity index (χ0v) is 19.3. The molecule has 1 saturated carbocycles. The predicted octanol–water partition coefficient (Wildman–Crippen LogP) is 4.82. The lowest BCUT2D eigenvalue weighted by molar-refractivity contribution is 0.0697. The average molecular weight is 521 g/mol. The van der Waals surface area contributed by atoms with Crippen molar-refractivity contribution in [3.8, 4) is 0 Å². The Morgan fingerprint density at radius 3 is 2.52 bits per heavy atom. The highest BCUT2D eigenvalue weighted by molar-refractivity contribution is 14.1. The number of anilines is 1. The highest BCUT2D eigenvalue weighted by Gasteiger charge is 2.24. The van der Waals surface area contributed by atoms with Gasteiger partial charge in [-0.1, -0.05) is 37.5 Å². The summed E-state index contributed by atoms with van der Waals surface area (Å²) in [7, 11) is 1.87. The fraction of sp³-hybridized carbons (Fsp3) is 0.318. The maximum Gasteiger partial charge on any atom is 0.257 e. The molecule has 2 amide bonds. The second-order valence-corrected chi connectivity index (χ2v) is 8.83. The number of hydrogen-bond donors (Lipinski definition) is 2. The van der Waals surface area contributed by atoms with Crippen molar-refractivity contribution in [3.05, 3.63) is 63.2 Å². The highest BCUT2D eigenvalue weighted by Crippen LogP contribution is 2.25. The van der Waals surface area contributed by atoms with Crippen LogP contribution in [0.5, 0.6) is 0 Å². The Kier molecular flexibility index (Phi) is 7.60. The molecule has 0 spiro atoms. The lowest BCUT2D eigenvalue weighted by atomic mass is 9.94. The molecule has 29 heavy (non-hydrogen) atoms. The van der Waals surface area contributed by atoms with Crippen LogP contribution in [-0.4, -0.2) is 34.9 Å². The molecule has 152 valence electrons. The molecule has 1 fully saturated rings. The zero-order valence-electron chi connectivity index (χ0n) is 16.3. The van der Waals surface area contributed by atoms with Crippen LogP contribution >= 0.6 is 34.8 Å². The fourth-order valence-electron chi connectivity index (χ4n) is 3.56. The Hall–Kier alpha value is -2.00. The summed E-state index contributed by atoms with van der Waals surface area (Å²) in [4.78, 5) is 27.3. The SMILES string of the molecule is CN(C(=O)c1ccccc1NC(=S)NC(=O)c1cccc(I)c1)C1CCCCC1. The Morgan fingerprint density at radius 1 is 1.07 bits per heavy atom. The lowest BCUT2D eigenvalue weighted by Gasteiger charge is -2.31. The molecule has 2 aromatic carbocycles. The first kappa shape index (κ1) is 21.7. The van der Waals surface area contributed by atoms with Crippen molar-refractivity contribution in [2.24, 2.45) is 0 Å². The number of nitrogens with one attached hydrogen (secondary N) is 2. The number of hydrogen-bond acceptors (Lipinski definition) is 3. The van der Waals surface area contributed by atoms with E-state index in [2.05, 4.69) is 33.2 Å². The van der Waals surface area contributed by atoms with Crippen LogP contribution in [0, 0.1) is 3.57 Å². The van der Waals surface area contributed by atoms with Gasteiger partial charge in [-0.05, 0) is 78.0 Å². The first-order valence-corrected chi connectivity index (χ1v) is 11.2. The minimum absolute atomic E-state index is 0.0354. The quantitative estimate of drug-likeness (QED) is 0.448. The number of thiocarbonyl (C=S) groups is 1. The molecule has 0 bridgehead atoms. The normalized spacial score (nSPS) is 14.1. The van der Waals surface area contributed by atoms with Crippen LogP contribution in [0.3, 0.4) is 0 Å². The first-order valence-electron chi connectivity index (χ1n) is 9.70. The molecule has 2 N–H and O–H groups in total. The monoisotopic (exact) mass is 521 g/mol. The van der Waals surface area contributed by atoms with E-state index in [1.165, 1.54) is 6.42 Å². The Labute approximate surface area is 190 Å². The summed E-state index contributed by atoms with van der Waals surface area (Å²) in [5.74, 6) is -0.323. The van der Waals surface area contributed by atoms with Gasteiger partial charge >= 0.3 is 0 Å². The third-order valence-corrected chi connectivity index (χ3v) is 6.04. The van der Waals surface area contributed by atoms with Crippen LogP contribution in [0.1, 0.15) is 52.8 Å². The Bertz CT molecular complexity index is 912. The van der Waals surface area contributed by atoms with Crippen LogP contribution in [0.15, 0.2) is 48.5 Å². The molecule has 5 nitrogen and oxygen atoms in total. The molecular weight excluding hydrogens is 497 g/mol. The molecule has 0 unspecified atom stereocenters. The predicted molar refractivity (Wildman–Crippen MR) is 128 cm³/mol. The molecule has 0 radical (unpaired) electrons. The second kappa shape index (κ2) is 10.2. The maximum atomic E-state index is 13.1. The second-order valence-electron chi connectivity index (χ2n) is 7.17. The van der Waals surface area contributed by atoms with Gasteiger partial charge in [-0.25, -0.2) is 0 Å². The van der Waals surface area contributed by atoms with Crippen LogP contribution < -0.4 is 10.6 Å². The molecule has 0 atom stereocenters. The van der Waals surface area contributed by atoms with Crippen LogP contribution in [0.25, 0.3) is 0 Å². The van der Waals surface area contributed by atoms with Crippen molar-refractivity contribution in [1.82, 2.24) is 10.2 Å². The van der Waals surface area contributed by atoms with Gasteiger partial charge in [-0.3, -0.25) is 14.9 Å². The van der Waals surface area contributed by atoms with Crippen molar-refractivity contribution >= 4 is 57.4 Å². The van der Waals surface area contributed by atoms with Gasteiger partial charge in [0.1, 0.15) is 0 Å². The highest BCUT2D eigenvalue weighted by atomic mass is 127. The van der Waals surface area contributed by atoms with Crippen LogP contribution in [0.4, 0.5) is 5.69 Å². The summed E-state index contributed by atoms with van der Waals surface area (Å²) < 4.78 is 0.968. The van der Waals surface area contributed by atoms with Gasteiger partial charge < -0.3 is 10.2 Å². The van der Waals surface area contributed by atoms with Gasteiger partial charge in [-0.15, -0.1) is 0 Å². The molecule has 7 heteroatoms. The summed E-state index contributed by atoms with van der Waals surface area (Å²) in [6, 6.07) is 14.8. The van der Waals surface area contributed by atoms with E-state index in [1.807, 2.05) is 36.2 Å². The molecule has 0 aromatic heterocycles. The van der Waals surface area contributed by atoms with E-state index < -0.39 is 0 Å². The fourth-order valence-corrected chi connectivity index (χ4v) is 4.31. The van der Waals surface area contributed by atoms with Gasteiger partial charge in [-0.2, -0.15) is 0 Å². The Morgan fingerprint density at radius 2 is 1.79 bits per heavy atom. The minimum Gasteiger partial charge on any atom is -0.339 e. The maximum absolute atomic E-state index is 13.1. The van der Waals surface area contributed by atoms with Gasteiger partial charge in [0.2, 0.25) is 0 Å². The summed E-state index contributed by atoms with van der Waals surface area (Å²) in [6.45, 7) is 0. The standard InChI is InChI=1S/C22H24IN3O2S/c1-26(17-10-3-2-4-11-17)21(28)18-12-5-6-13-19(18)24-22(29)25-20(27)15-8-7-9-16(23)14-15/h5-9,12-14,17H,2-4,10-11H2,1H3,(H2,24,25,27,29). The summed E-state index contributed by atoms with van der Waals surface area (Å²) in [5, 5.41) is 5.86. The first-order chi connectivity index (χ1) is 14.0. The molecule has 0 saturated heterocycles. The van der Waals surface area contributed by atoms with Gasteiger partial charge in [0, 0.05) is 22.2 Å². The zero-order chi connectivity index (χ0) is 20.8. The van der Waals surface area contributed by atoms with E-state index >= 15 is 0 Å². The number of rotatable bonds is 4. The van der Waals surface area contributed by atoms with Crippen molar-refractivity contribution < 1.29 is 9.59 Å². The number of nitrogens with zero attached hydrogens (tertiary/aromatic N) is 1. The number of benzene rings is 2. The topological polar surface area (TPSA) is 61.4 Å². The van der Waals surface area contributed by atoms with Gasteiger partial charge in [0.15, 0.2) is 5.11 Å². The van der Waals surface area contributed by atoms with Crippen molar-refractivity contribution in [2.45, 2.75) is 38.1 Å². The van der Waals surface area contributed by atoms with Gasteiger partial charge in [0.05, 0.1) is 11.3 Å².